The van der Waals surface area contributed by atoms with E-state index in [4.69, 9.17) is 16.7 Å². The van der Waals surface area contributed by atoms with Gasteiger partial charge in [0.05, 0.1) is 18.1 Å². The van der Waals surface area contributed by atoms with Gasteiger partial charge in [0, 0.05) is 16.9 Å². The van der Waals surface area contributed by atoms with Crippen molar-refractivity contribution in [2.24, 2.45) is 5.92 Å². The highest BCUT2D eigenvalue weighted by atomic mass is 16.3. The van der Waals surface area contributed by atoms with Gasteiger partial charge in [0.2, 0.25) is 0 Å². The van der Waals surface area contributed by atoms with Crippen molar-refractivity contribution in [1.82, 2.24) is 0 Å². The van der Waals surface area contributed by atoms with Gasteiger partial charge in [0.15, 0.2) is 0 Å². The molecule has 0 aliphatic carbocycles. The zero-order chi connectivity index (χ0) is 12.3. The van der Waals surface area contributed by atoms with Crippen LogP contribution < -0.4 is 11.5 Å². The molecule has 0 amide bonds. The number of hydrogen-bond donors (Lipinski definition) is 4. The summed E-state index contributed by atoms with van der Waals surface area (Å²) in [7, 11) is 0. The standard InChI is InChI=1S/C11H15N3O2/c1-6(5-12)10(15)11(16)8-3-2-7(13)4-9(8)14/h2-4,6,10-11,15-16H,13-14H2,1H3/t6?,10-,11-/m0/s1. The predicted molar refractivity (Wildman–Crippen MR) is 61.0 cm³/mol. The van der Waals surface area contributed by atoms with Gasteiger partial charge in [0.1, 0.15) is 6.10 Å². The number of aliphatic hydroxyl groups is 2. The monoisotopic (exact) mass is 221 g/mol. The van der Waals surface area contributed by atoms with E-state index in [1.54, 1.807) is 12.1 Å². The third kappa shape index (κ3) is 2.42. The van der Waals surface area contributed by atoms with Crippen molar-refractivity contribution in [3.05, 3.63) is 23.8 Å². The van der Waals surface area contributed by atoms with Crippen LogP contribution in [0.3, 0.4) is 0 Å². The molecule has 0 aromatic heterocycles. The fourth-order valence-electron chi connectivity index (χ4n) is 1.40. The zero-order valence-electron chi connectivity index (χ0n) is 8.96. The molecule has 0 aliphatic heterocycles. The van der Waals surface area contributed by atoms with Crippen molar-refractivity contribution < 1.29 is 10.2 Å². The Balaban J connectivity index is 2.97. The van der Waals surface area contributed by atoms with Crippen molar-refractivity contribution in [3.63, 3.8) is 0 Å². The van der Waals surface area contributed by atoms with Gasteiger partial charge in [-0.25, -0.2) is 0 Å². The smallest absolute Gasteiger partial charge is 0.108 e. The van der Waals surface area contributed by atoms with E-state index in [1.165, 1.54) is 13.0 Å². The van der Waals surface area contributed by atoms with Crippen LogP contribution >= 0.6 is 0 Å². The molecular formula is C11H15N3O2. The van der Waals surface area contributed by atoms with Gasteiger partial charge in [-0.2, -0.15) is 5.26 Å². The van der Waals surface area contributed by atoms with Gasteiger partial charge in [-0.15, -0.1) is 0 Å². The largest absolute Gasteiger partial charge is 0.399 e. The van der Waals surface area contributed by atoms with E-state index < -0.39 is 18.1 Å². The van der Waals surface area contributed by atoms with Gasteiger partial charge in [-0.1, -0.05) is 6.07 Å². The maximum atomic E-state index is 9.84. The van der Waals surface area contributed by atoms with E-state index in [0.717, 1.165) is 0 Å². The topological polar surface area (TPSA) is 116 Å². The molecule has 0 fully saturated rings. The number of nitrogens with two attached hydrogens (primary N) is 2. The molecule has 1 unspecified atom stereocenters. The van der Waals surface area contributed by atoms with E-state index in [9.17, 15) is 10.2 Å². The molecule has 6 N–H and O–H groups in total. The third-order valence-electron chi connectivity index (χ3n) is 2.47. The summed E-state index contributed by atoms with van der Waals surface area (Å²) in [6.07, 6.45) is -2.36. The van der Waals surface area contributed by atoms with Crippen molar-refractivity contribution in [3.8, 4) is 6.07 Å². The summed E-state index contributed by atoms with van der Waals surface area (Å²) >= 11 is 0. The molecular weight excluding hydrogens is 206 g/mol. The normalized spacial score (nSPS) is 16.1. The molecule has 0 heterocycles. The van der Waals surface area contributed by atoms with Crippen molar-refractivity contribution in [2.45, 2.75) is 19.1 Å². The Kier molecular flexibility index (Phi) is 3.72. The molecule has 16 heavy (non-hydrogen) atoms. The summed E-state index contributed by atoms with van der Waals surface area (Å²) in [5.41, 5.74) is 12.3. The lowest BCUT2D eigenvalue weighted by Gasteiger charge is -2.21. The van der Waals surface area contributed by atoms with Crippen LogP contribution in [0.5, 0.6) is 0 Å². The predicted octanol–water partition coefficient (Wildman–Crippen LogP) is 0.405. The van der Waals surface area contributed by atoms with Crippen LogP contribution in [0.1, 0.15) is 18.6 Å². The van der Waals surface area contributed by atoms with E-state index >= 15 is 0 Å². The minimum atomic E-state index is -1.18. The Bertz CT molecular complexity index is 414. The first-order valence-corrected chi connectivity index (χ1v) is 4.88. The van der Waals surface area contributed by atoms with E-state index in [2.05, 4.69) is 0 Å². The van der Waals surface area contributed by atoms with Crippen molar-refractivity contribution in [1.29, 1.82) is 5.26 Å². The Labute approximate surface area is 93.9 Å². The maximum absolute atomic E-state index is 9.84. The first kappa shape index (κ1) is 12.3. The molecule has 5 heteroatoms. The Morgan fingerprint density at radius 1 is 1.31 bits per heavy atom. The van der Waals surface area contributed by atoms with Crippen LogP contribution in [-0.4, -0.2) is 16.3 Å². The molecule has 1 aromatic carbocycles. The van der Waals surface area contributed by atoms with Crippen LogP contribution in [0.15, 0.2) is 18.2 Å². The number of anilines is 2. The summed E-state index contributed by atoms with van der Waals surface area (Å²) in [5.74, 6) is -0.674. The van der Waals surface area contributed by atoms with Crippen LogP contribution in [0, 0.1) is 17.2 Å². The second-order valence-electron chi connectivity index (χ2n) is 3.74. The van der Waals surface area contributed by atoms with Crippen LogP contribution in [0.2, 0.25) is 0 Å². The summed E-state index contributed by atoms with van der Waals surface area (Å²) < 4.78 is 0. The molecule has 0 spiro atoms. The summed E-state index contributed by atoms with van der Waals surface area (Å²) in [4.78, 5) is 0. The van der Waals surface area contributed by atoms with Crippen LogP contribution in [0.4, 0.5) is 11.4 Å². The second kappa shape index (κ2) is 4.84. The molecule has 0 bridgehead atoms. The van der Waals surface area contributed by atoms with E-state index in [-0.39, 0.29) is 0 Å². The Morgan fingerprint density at radius 3 is 2.44 bits per heavy atom. The molecule has 0 saturated carbocycles. The first-order valence-electron chi connectivity index (χ1n) is 4.88. The fourth-order valence-corrected chi connectivity index (χ4v) is 1.40. The fraction of sp³-hybridized carbons (Fsp3) is 0.364. The van der Waals surface area contributed by atoms with Gasteiger partial charge in [0.25, 0.3) is 0 Å². The van der Waals surface area contributed by atoms with Crippen LogP contribution in [0.25, 0.3) is 0 Å². The molecule has 86 valence electrons. The van der Waals surface area contributed by atoms with E-state index in [0.29, 0.717) is 16.9 Å². The minimum Gasteiger partial charge on any atom is -0.399 e. The molecule has 1 aromatic rings. The Hall–Kier alpha value is -1.77. The first-order chi connectivity index (χ1) is 7.47. The highest BCUT2D eigenvalue weighted by Crippen LogP contribution is 2.27. The molecule has 1 rings (SSSR count). The lowest BCUT2D eigenvalue weighted by atomic mass is 9.94. The summed E-state index contributed by atoms with van der Waals surface area (Å²) in [6.45, 7) is 1.53. The summed E-state index contributed by atoms with van der Waals surface area (Å²) in [6, 6.07) is 6.50. The quantitative estimate of drug-likeness (QED) is 0.551. The zero-order valence-corrected chi connectivity index (χ0v) is 8.96. The average molecular weight is 221 g/mol. The second-order valence-corrected chi connectivity index (χ2v) is 3.74. The third-order valence-corrected chi connectivity index (χ3v) is 2.47. The van der Waals surface area contributed by atoms with Gasteiger partial charge >= 0.3 is 0 Å². The maximum Gasteiger partial charge on any atom is 0.108 e. The highest BCUT2D eigenvalue weighted by molar-refractivity contribution is 5.57. The average Bonchev–Trinajstić information content (AvgIpc) is 2.26. The lowest BCUT2D eigenvalue weighted by Crippen LogP contribution is -2.25. The lowest BCUT2D eigenvalue weighted by molar-refractivity contribution is -0.000490. The van der Waals surface area contributed by atoms with Crippen molar-refractivity contribution >= 4 is 11.4 Å². The minimum absolute atomic E-state index is 0.302. The van der Waals surface area contributed by atoms with Gasteiger partial charge in [-0.3, -0.25) is 0 Å². The van der Waals surface area contributed by atoms with E-state index in [1.807, 2.05) is 6.07 Å². The SMILES string of the molecule is CC(C#N)[C@H](O)[C@@H](O)c1ccc(N)cc1N. The molecule has 5 nitrogen and oxygen atoms in total. The number of nitriles is 1. The number of rotatable bonds is 3. The van der Waals surface area contributed by atoms with Gasteiger partial charge < -0.3 is 21.7 Å². The van der Waals surface area contributed by atoms with Crippen molar-refractivity contribution in [2.75, 3.05) is 11.5 Å². The molecule has 3 atom stereocenters. The van der Waals surface area contributed by atoms with Crippen LogP contribution in [-0.2, 0) is 0 Å². The van der Waals surface area contributed by atoms with Gasteiger partial charge in [-0.05, 0) is 19.1 Å². The Morgan fingerprint density at radius 2 is 1.94 bits per heavy atom. The highest BCUT2D eigenvalue weighted by Gasteiger charge is 2.25. The molecule has 0 saturated heterocycles. The number of nitrogen functional groups attached to an aromatic ring is 2. The molecule has 0 radical (unpaired) electrons. The molecule has 0 aliphatic rings. The summed E-state index contributed by atoms with van der Waals surface area (Å²) in [5, 5.41) is 28.2. The number of benzene rings is 1. The number of aliphatic hydroxyl groups excluding tert-OH is 2. The number of nitrogens with zero attached hydrogens (tertiary/aromatic N) is 1. The number of hydrogen-bond acceptors (Lipinski definition) is 5.